The van der Waals surface area contributed by atoms with Gasteiger partial charge in [-0.05, 0) is 24.1 Å². The standard InChI is InChI=1S/C13H15ClN2O4S/c1-21(19,20)7-6-11-12(17)16(13(18)15-11)8-9-2-4-10(14)5-3-9/h2-5,11H,6-8H2,1H3,(H,15,18)/t11-/m1/s1. The molecule has 2 rings (SSSR count). The van der Waals surface area contributed by atoms with E-state index < -0.39 is 27.8 Å². The van der Waals surface area contributed by atoms with Gasteiger partial charge < -0.3 is 5.32 Å². The average Bonchev–Trinajstić information content (AvgIpc) is 2.66. The number of carbonyl (C=O) groups excluding carboxylic acids is 2. The maximum absolute atomic E-state index is 12.1. The maximum atomic E-state index is 12.1. The van der Waals surface area contributed by atoms with Gasteiger partial charge in [-0.3, -0.25) is 9.69 Å². The molecule has 0 aromatic heterocycles. The molecule has 1 heterocycles. The van der Waals surface area contributed by atoms with Gasteiger partial charge in [0, 0.05) is 11.3 Å². The first-order valence-corrected chi connectivity index (χ1v) is 8.74. The molecular weight excluding hydrogens is 316 g/mol. The summed E-state index contributed by atoms with van der Waals surface area (Å²) in [6.45, 7) is 0.136. The van der Waals surface area contributed by atoms with Gasteiger partial charge in [-0.1, -0.05) is 23.7 Å². The molecule has 0 spiro atoms. The Hall–Kier alpha value is -1.60. The van der Waals surface area contributed by atoms with E-state index >= 15 is 0 Å². The van der Waals surface area contributed by atoms with Crippen molar-refractivity contribution >= 4 is 33.4 Å². The largest absolute Gasteiger partial charge is 0.326 e. The van der Waals surface area contributed by atoms with Crippen molar-refractivity contribution in [2.24, 2.45) is 0 Å². The molecule has 1 saturated heterocycles. The van der Waals surface area contributed by atoms with Gasteiger partial charge in [-0.15, -0.1) is 0 Å². The Morgan fingerprint density at radius 2 is 1.86 bits per heavy atom. The number of urea groups is 1. The molecule has 1 atom stereocenters. The molecule has 0 radical (unpaired) electrons. The van der Waals surface area contributed by atoms with Crippen molar-refractivity contribution in [1.29, 1.82) is 0 Å². The van der Waals surface area contributed by atoms with Crippen LogP contribution in [0, 0.1) is 0 Å². The molecule has 0 saturated carbocycles. The first kappa shape index (κ1) is 15.8. The summed E-state index contributed by atoms with van der Waals surface area (Å²) in [5.74, 6) is -0.544. The molecule has 0 unspecified atom stereocenters. The molecule has 0 bridgehead atoms. The Morgan fingerprint density at radius 3 is 2.43 bits per heavy atom. The molecule has 8 heteroatoms. The van der Waals surface area contributed by atoms with Gasteiger partial charge in [-0.2, -0.15) is 0 Å². The number of imide groups is 1. The summed E-state index contributed by atoms with van der Waals surface area (Å²) < 4.78 is 22.3. The van der Waals surface area contributed by atoms with E-state index in [1.165, 1.54) is 0 Å². The highest BCUT2D eigenvalue weighted by Gasteiger charge is 2.37. The fourth-order valence-corrected chi connectivity index (χ4v) is 2.82. The van der Waals surface area contributed by atoms with Crippen molar-refractivity contribution in [3.05, 3.63) is 34.9 Å². The highest BCUT2D eigenvalue weighted by molar-refractivity contribution is 7.90. The van der Waals surface area contributed by atoms with E-state index in [0.717, 1.165) is 16.7 Å². The summed E-state index contributed by atoms with van der Waals surface area (Å²) in [6.07, 6.45) is 1.18. The van der Waals surface area contributed by atoms with Gasteiger partial charge in [0.25, 0.3) is 5.91 Å². The molecule has 1 aromatic carbocycles. The first-order valence-electron chi connectivity index (χ1n) is 6.30. The topological polar surface area (TPSA) is 83.6 Å². The van der Waals surface area contributed by atoms with Crippen LogP contribution in [0.5, 0.6) is 0 Å². The minimum atomic E-state index is -3.17. The van der Waals surface area contributed by atoms with E-state index in [1.54, 1.807) is 24.3 Å². The molecule has 6 nitrogen and oxygen atoms in total. The van der Waals surface area contributed by atoms with Crippen LogP contribution in [0.25, 0.3) is 0 Å². The molecular formula is C13H15ClN2O4S. The van der Waals surface area contributed by atoms with Gasteiger partial charge in [0.1, 0.15) is 15.9 Å². The zero-order chi connectivity index (χ0) is 15.6. The molecule has 1 fully saturated rings. The number of hydrogen-bond acceptors (Lipinski definition) is 4. The van der Waals surface area contributed by atoms with Crippen LogP contribution in [0.3, 0.4) is 0 Å². The maximum Gasteiger partial charge on any atom is 0.325 e. The number of rotatable bonds is 5. The zero-order valence-corrected chi connectivity index (χ0v) is 12.9. The van der Waals surface area contributed by atoms with Crippen molar-refractivity contribution in [3.63, 3.8) is 0 Å². The second-order valence-corrected chi connectivity index (χ2v) is 7.67. The Bertz CT molecular complexity index is 657. The van der Waals surface area contributed by atoms with E-state index in [4.69, 9.17) is 11.6 Å². The second-order valence-electron chi connectivity index (χ2n) is 4.97. The van der Waals surface area contributed by atoms with Crippen LogP contribution in [-0.4, -0.2) is 43.3 Å². The van der Waals surface area contributed by atoms with Crippen molar-refractivity contribution in [3.8, 4) is 0 Å². The number of halogens is 1. The third-order valence-corrected chi connectivity index (χ3v) is 4.37. The quantitative estimate of drug-likeness (QED) is 0.822. The summed E-state index contributed by atoms with van der Waals surface area (Å²) >= 11 is 5.78. The minimum absolute atomic E-state index is 0.0839. The van der Waals surface area contributed by atoms with Crippen molar-refractivity contribution in [2.45, 2.75) is 19.0 Å². The van der Waals surface area contributed by atoms with Gasteiger partial charge in [0.2, 0.25) is 0 Å². The lowest BCUT2D eigenvalue weighted by Crippen LogP contribution is -2.32. The number of benzene rings is 1. The van der Waals surface area contributed by atoms with Crippen LogP contribution in [-0.2, 0) is 21.2 Å². The predicted molar refractivity (Wildman–Crippen MR) is 78.6 cm³/mol. The summed E-state index contributed by atoms with van der Waals surface area (Å²) in [5.41, 5.74) is 0.770. The van der Waals surface area contributed by atoms with E-state index in [1.807, 2.05) is 0 Å². The monoisotopic (exact) mass is 330 g/mol. The molecule has 1 aliphatic heterocycles. The number of hydrogen-bond donors (Lipinski definition) is 1. The third kappa shape index (κ3) is 4.18. The van der Waals surface area contributed by atoms with Gasteiger partial charge in [0.05, 0.1) is 12.3 Å². The van der Waals surface area contributed by atoms with Gasteiger partial charge >= 0.3 is 6.03 Å². The number of carbonyl (C=O) groups is 2. The second kappa shape index (κ2) is 6.03. The highest BCUT2D eigenvalue weighted by Crippen LogP contribution is 2.16. The molecule has 21 heavy (non-hydrogen) atoms. The highest BCUT2D eigenvalue weighted by atomic mass is 35.5. The fraction of sp³-hybridized carbons (Fsp3) is 0.385. The molecule has 3 amide bonds. The van der Waals surface area contributed by atoms with E-state index in [-0.39, 0.29) is 18.7 Å². The zero-order valence-electron chi connectivity index (χ0n) is 11.4. The molecule has 114 valence electrons. The van der Waals surface area contributed by atoms with Crippen LogP contribution in [0.4, 0.5) is 4.79 Å². The first-order chi connectivity index (χ1) is 9.76. The van der Waals surface area contributed by atoms with Crippen molar-refractivity contribution < 1.29 is 18.0 Å². The van der Waals surface area contributed by atoms with Crippen molar-refractivity contribution in [1.82, 2.24) is 10.2 Å². The Labute approximate surface area is 128 Å². The number of amides is 3. The summed E-state index contributed by atoms with van der Waals surface area (Å²) in [6, 6.07) is 5.53. The van der Waals surface area contributed by atoms with Crippen molar-refractivity contribution in [2.75, 3.05) is 12.0 Å². The average molecular weight is 331 g/mol. The predicted octanol–water partition coefficient (Wildman–Crippen LogP) is 1.20. The third-order valence-electron chi connectivity index (χ3n) is 3.14. The van der Waals surface area contributed by atoms with Gasteiger partial charge in [0.15, 0.2) is 0 Å². The van der Waals surface area contributed by atoms with E-state index in [9.17, 15) is 18.0 Å². The summed E-state index contributed by atoms with van der Waals surface area (Å²) in [5, 5.41) is 3.08. The smallest absolute Gasteiger partial charge is 0.325 e. The SMILES string of the molecule is CS(=O)(=O)CC[C@H]1NC(=O)N(Cc2ccc(Cl)cc2)C1=O. The lowest BCUT2D eigenvalue weighted by molar-refractivity contribution is -0.127. The lowest BCUT2D eigenvalue weighted by Gasteiger charge is -2.13. The number of nitrogens with zero attached hydrogens (tertiary/aromatic N) is 1. The van der Waals surface area contributed by atoms with Crippen LogP contribution >= 0.6 is 11.6 Å². The normalized spacial score (nSPS) is 19.0. The van der Waals surface area contributed by atoms with Crippen LogP contribution < -0.4 is 5.32 Å². The van der Waals surface area contributed by atoms with Crippen LogP contribution in [0.1, 0.15) is 12.0 Å². The van der Waals surface area contributed by atoms with Crippen LogP contribution in [0.15, 0.2) is 24.3 Å². The summed E-state index contributed by atoms with van der Waals surface area (Å²) in [7, 11) is -3.17. The Morgan fingerprint density at radius 1 is 1.24 bits per heavy atom. The Kier molecular flexibility index (Phi) is 4.53. The fourth-order valence-electron chi connectivity index (χ4n) is 2.03. The molecule has 0 aliphatic carbocycles. The molecule has 1 N–H and O–H groups in total. The number of sulfone groups is 1. The molecule has 1 aromatic rings. The van der Waals surface area contributed by atoms with E-state index in [2.05, 4.69) is 5.32 Å². The van der Waals surface area contributed by atoms with E-state index in [0.29, 0.717) is 5.02 Å². The lowest BCUT2D eigenvalue weighted by atomic mass is 10.2. The minimum Gasteiger partial charge on any atom is -0.326 e. The Balaban J connectivity index is 2.03. The molecule has 1 aliphatic rings. The van der Waals surface area contributed by atoms with Gasteiger partial charge in [-0.25, -0.2) is 13.2 Å². The number of nitrogens with one attached hydrogen (secondary N) is 1. The summed E-state index contributed by atoms with van der Waals surface area (Å²) in [4.78, 5) is 25.0. The van der Waals surface area contributed by atoms with Crippen LogP contribution in [0.2, 0.25) is 5.02 Å².